The van der Waals surface area contributed by atoms with Crippen LogP contribution in [-0.4, -0.2) is 9.78 Å². The van der Waals surface area contributed by atoms with Crippen molar-refractivity contribution in [3.05, 3.63) is 45.2 Å². The second-order valence-electron chi connectivity index (χ2n) is 6.36. The number of benzene rings is 1. The summed E-state index contributed by atoms with van der Waals surface area (Å²) < 4.78 is 1.85. The number of nitrogens with one attached hydrogen (secondary N) is 1. The minimum absolute atomic E-state index is 0.00693. The third kappa shape index (κ3) is 3.72. The van der Waals surface area contributed by atoms with E-state index < -0.39 is 0 Å². The zero-order valence-corrected chi connectivity index (χ0v) is 14.6. The van der Waals surface area contributed by atoms with Gasteiger partial charge >= 0.3 is 0 Å². The van der Waals surface area contributed by atoms with Crippen molar-refractivity contribution in [3.8, 4) is 0 Å². The Morgan fingerprint density at radius 2 is 1.86 bits per heavy atom. The smallest absolute Gasteiger partial charge is 0.0727 e. The summed E-state index contributed by atoms with van der Waals surface area (Å²) in [6, 6.07) is 3.74. The molecule has 114 valence electrons. The second kappa shape index (κ2) is 5.90. The minimum Gasteiger partial charge on any atom is -0.380 e. The van der Waals surface area contributed by atoms with Crippen LogP contribution in [0.4, 0.5) is 5.69 Å². The molecule has 2 aromatic rings. The first-order valence-corrected chi connectivity index (χ1v) is 7.66. The van der Waals surface area contributed by atoms with Crippen molar-refractivity contribution < 1.29 is 0 Å². The van der Waals surface area contributed by atoms with Crippen LogP contribution in [0.15, 0.2) is 18.3 Å². The first-order chi connectivity index (χ1) is 9.68. The monoisotopic (exact) mass is 325 g/mol. The maximum Gasteiger partial charge on any atom is 0.0727 e. The zero-order chi connectivity index (χ0) is 15.8. The normalized spacial score (nSPS) is 11.8. The highest BCUT2D eigenvalue weighted by Gasteiger charge is 2.21. The Bertz CT molecular complexity index is 654. The van der Waals surface area contributed by atoms with Crippen molar-refractivity contribution in [2.75, 3.05) is 5.32 Å². The molecular formula is C16H21Cl2N3. The molecule has 0 aliphatic carbocycles. The van der Waals surface area contributed by atoms with Crippen LogP contribution < -0.4 is 5.32 Å². The van der Waals surface area contributed by atoms with E-state index in [0.29, 0.717) is 16.6 Å². The van der Waals surface area contributed by atoms with Gasteiger partial charge in [0.05, 0.1) is 16.4 Å². The largest absolute Gasteiger partial charge is 0.380 e. The Hall–Kier alpha value is -1.19. The molecule has 0 bridgehead atoms. The lowest BCUT2D eigenvalue weighted by atomic mass is 9.89. The molecule has 0 atom stereocenters. The van der Waals surface area contributed by atoms with E-state index in [2.05, 4.69) is 31.2 Å². The van der Waals surface area contributed by atoms with Gasteiger partial charge in [-0.15, -0.1) is 0 Å². The van der Waals surface area contributed by atoms with Crippen molar-refractivity contribution >= 4 is 28.9 Å². The van der Waals surface area contributed by atoms with Crippen LogP contribution in [0.1, 0.15) is 37.6 Å². The summed E-state index contributed by atoms with van der Waals surface area (Å²) in [6.45, 7) is 9.09. The van der Waals surface area contributed by atoms with E-state index in [1.807, 2.05) is 37.0 Å². The lowest BCUT2D eigenvalue weighted by Gasteiger charge is -2.18. The quantitative estimate of drug-likeness (QED) is 0.865. The summed E-state index contributed by atoms with van der Waals surface area (Å²) in [7, 11) is 1.94. The highest BCUT2D eigenvalue weighted by Crippen LogP contribution is 2.30. The number of aryl methyl sites for hydroxylation is 2. The molecule has 1 aromatic carbocycles. The molecule has 0 amide bonds. The number of hydrogen-bond acceptors (Lipinski definition) is 2. The Labute approximate surface area is 136 Å². The summed E-state index contributed by atoms with van der Waals surface area (Å²) in [5.41, 5.74) is 4.08. The van der Waals surface area contributed by atoms with Crippen molar-refractivity contribution in [2.24, 2.45) is 7.05 Å². The molecular weight excluding hydrogens is 305 g/mol. The molecule has 1 N–H and O–H groups in total. The Morgan fingerprint density at radius 3 is 2.48 bits per heavy atom. The van der Waals surface area contributed by atoms with Gasteiger partial charge in [0, 0.05) is 35.8 Å². The topological polar surface area (TPSA) is 29.9 Å². The van der Waals surface area contributed by atoms with Crippen LogP contribution in [0.25, 0.3) is 0 Å². The maximum atomic E-state index is 6.26. The van der Waals surface area contributed by atoms with Crippen molar-refractivity contribution in [1.29, 1.82) is 0 Å². The van der Waals surface area contributed by atoms with Crippen molar-refractivity contribution in [3.63, 3.8) is 0 Å². The van der Waals surface area contributed by atoms with Crippen molar-refractivity contribution in [1.82, 2.24) is 9.78 Å². The number of rotatable bonds is 3. The molecule has 5 heteroatoms. The fraction of sp³-hybridized carbons (Fsp3) is 0.438. The van der Waals surface area contributed by atoms with Crippen LogP contribution in [0, 0.1) is 6.92 Å². The van der Waals surface area contributed by atoms with Gasteiger partial charge in [-0.3, -0.25) is 4.68 Å². The first-order valence-electron chi connectivity index (χ1n) is 6.91. The SMILES string of the molecule is Cc1cc(Cl)c(NCc2cn(C)nc2C(C)(C)C)cc1Cl. The zero-order valence-electron chi connectivity index (χ0n) is 13.1. The highest BCUT2D eigenvalue weighted by atomic mass is 35.5. The lowest BCUT2D eigenvalue weighted by molar-refractivity contribution is 0.549. The molecule has 0 spiro atoms. The maximum absolute atomic E-state index is 6.26. The molecule has 0 fully saturated rings. The van der Waals surface area contributed by atoms with E-state index in [4.69, 9.17) is 23.2 Å². The molecule has 0 saturated carbocycles. The van der Waals surface area contributed by atoms with Crippen LogP contribution in [0.2, 0.25) is 10.0 Å². The summed E-state index contributed by atoms with van der Waals surface area (Å²) in [5, 5.41) is 9.31. The lowest BCUT2D eigenvalue weighted by Crippen LogP contribution is -2.16. The van der Waals surface area contributed by atoms with E-state index in [-0.39, 0.29) is 5.41 Å². The van der Waals surface area contributed by atoms with Gasteiger partial charge < -0.3 is 5.32 Å². The number of nitrogens with zero attached hydrogens (tertiary/aromatic N) is 2. The molecule has 2 rings (SSSR count). The summed E-state index contributed by atoms with van der Waals surface area (Å²) in [4.78, 5) is 0. The predicted octanol–water partition coefficient (Wildman–Crippen LogP) is 4.94. The van der Waals surface area contributed by atoms with E-state index in [0.717, 1.165) is 22.5 Å². The predicted molar refractivity (Wildman–Crippen MR) is 90.4 cm³/mol. The fourth-order valence-electron chi connectivity index (χ4n) is 2.27. The number of aromatic nitrogens is 2. The Balaban J connectivity index is 2.23. The van der Waals surface area contributed by atoms with Gasteiger partial charge in [0.15, 0.2) is 0 Å². The van der Waals surface area contributed by atoms with Gasteiger partial charge in [0.2, 0.25) is 0 Å². The highest BCUT2D eigenvalue weighted by molar-refractivity contribution is 6.35. The number of hydrogen-bond donors (Lipinski definition) is 1. The molecule has 0 saturated heterocycles. The molecule has 0 aliphatic rings. The van der Waals surface area contributed by atoms with E-state index >= 15 is 0 Å². The third-order valence-electron chi connectivity index (χ3n) is 3.33. The van der Waals surface area contributed by atoms with Gasteiger partial charge in [-0.25, -0.2) is 0 Å². The van der Waals surface area contributed by atoms with Crippen LogP contribution in [0.5, 0.6) is 0 Å². The van der Waals surface area contributed by atoms with Gasteiger partial charge in [0.1, 0.15) is 0 Å². The van der Waals surface area contributed by atoms with E-state index in [9.17, 15) is 0 Å². The number of halogens is 2. The third-order valence-corrected chi connectivity index (χ3v) is 4.05. The van der Waals surface area contributed by atoms with E-state index in [1.165, 1.54) is 0 Å². The van der Waals surface area contributed by atoms with Crippen LogP contribution in [-0.2, 0) is 19.0 Å². The fourth-order valence-corrected chi connectivity index (χ4v) is 2.72. The van der Waals surface area contributed by atoms with E-state index in [1.54, 1.807) is 0 Å². The molecule has 1 heterocycles. The van der Waals surface area contributed by atoms with Gasteiger partial charge in [-0.2, -0.15) is 5.10 Å². The van der Waals surface area contributed by atoms with Crippen molar-refractivity contribution in [2.45, 2.75) is 39.7 Å². The van der Waals surface area contributed by atoms with Gasteiger partial charge in [-0.05, 0) is 24.6 Å². The summed E-state index contributed by atoms with van der Waals surface area (Å²) >= 11 is 12.4. The second-order valence-corrected chi connectivity index (χ2v) is 7.18. The van der Waals surface area contributed by atoms with Crippen LogP contribution >= 0.6 is 23.2 Å². The molecule has 0 radical (unpaired) electrons. The average Bonchev–Trinajstić information content (AvgIpc) is 2.73. The summed E-state index contributed by atoms with van der Waals surface area (Å²) in [6.07, 6.45) is 2.04. The molecule has 0 unspecified atom stereocenters. The minimum atomic E-state index is 0.00693. The molecule has 1 aromatic heterocycles. The van der Waals surface area contributed by atoms with Gasteiger partial charge in [-0.1, -0.05) is 44.0 Å². The molecule has 3 nitrogen and oxygen atoms in total. The average molecular weight is 326 g/mol. The summed E-state index contributed by atoms with van der Waals surface area (Å²) in [5.74, 6) is 0. The molecule has 21 heavy (non-hydrogen) atoms. The number of anilines is 1. The standard InChI is InChI=1S/C16H21Cl2N3/c1-10-6-13(18)14(7-12(10)17)19-8-11-9-21(5)20-15(11)16(2,3)4/h6-7,9,19H,8H2,1-5H3. The van der Waals surface area contributed by atoms with Crippen LogP contribution in [0.3, 0.4) is 0 Å². The molecule has 0 aliphatic heterocycles. The Kier molecular flexibility index (Phi) is 4.54. The first kappa shape index (κ1) is 16.2. The van der Waals surface area contributed by atoms with Gasteiger partial charge in [0.25, 0.3) is 0 Å². The Morgan fingerprint density at radius 1 is 1.19 bits per heavy atom.